The van der Waals surface area contributed by atoms with Crippen molar-refractivity contribution >= 4 is 29.0 Å². The first-order valence-electron chi connectivity index (χ1n) is 9.70. The van der Waals surface area contributed by atoms with Crippen LogP contribution in [0.4, 0.5) is 9.18 Å². The Labute approximate surface area is 184 Å². The summed E-state index contributed by atoms with van der Waals surface area (Å²) in [4.78, 5) is 26.9. The lowest BCUT2D eigenvalue weighted by Crippen LogP contribution is -2.27. The Balaban J connectivity index is 1.60. The average molecular weight is 437 g/mol. The number of benzene rings is 2. The molecule has 4 rings (SSSR count). The molecule has 0 radical (unpaired) electrons. The standard InChI is InChI=1S/C24H21FN2O3S/c1-15-12-18(16(2)27(15)20-8-10-21(30-3)11-9-20)13-22-23(28)26(24(29)31-22)14-17-4-6-19(25)7-5-17/h4-13H,14H2,1-3H3. The molecule has 2 amide bonds. The van der Waals surface area contributed by atoms with Gasteiger partial charge in [-0.15, -0.1) is 0 Å². The maximum absolute atomic E-state index is 13.1. The van der Waals surface area contributed by atoms with Gasteiger partial charge in [-0.05, 0) is 85.3 Å². The van der Waals surface area contributed by atoms with Gasteiger partial charge in [0.2, 0.25) is 0 Å². The summed E-state index contributed by atoms with van der Waals surface area (Å²) in [6.07, 6.45) is 1.76. The summed E-state index contributed by atoms with van der Waals surface area (Å²) < 4.78 is 20.4. The fraction of sp³-hybridized carbons (Fsp3) is 0.167. The monoisotopic (exact) mass is 436 g/mol. The number of hydrogen-bond acceptors (Lipinski definition) is 4. The molecule has 1 aliphatic rings. The van der Waals surface area contributed by atoms with Gasteiger partial charge in [-0.25, -0.2) is 4.39 Å². The van der Waals surface area contributed by atoms with Crippen LogP contribution in [0.3, 0.4) is 0 Å². The molecule has 0 aliphatic carbocycles. The van der Waals surface area contributed by atoms with E-state index in [0.29, 0.717) is 10.5 Å². The van der Waals surface area contributed by atoms with Crippen molar-refractivity contribution in [2.24, 2.45) is 0 Å². The number of nitrogens with zero attached hydrogens (tertiary/aromatic N) is 2. The van der Waals surface area contributed by atoms with Crippen LogP contribution >= 0.6 is 11.8 Å². The molecule has 1 aromatic heterocycles. The smallest absolute Gasteiger partial charge is 0.293 e. The van der Waals surface area contributed by atoms with E-state index in [0.717, 1.165) is 40.2 Å². The number of ether oxygens (including phenoxy) is 1. The lowest BCUT2D eigenvalue weighted by atomic mass is 10.2. The molecule has 1 fully saturated rings. The van der Waals surface area contributed by atoms with Crippen molar-refractivity contribution in [1.82, 2.24) is 9.47 Å². The van der Waals surface area contributed by atoms with Gasteiger partial charge in [-0.3, -0.25) is 14.5 Å². The summed E-state index contributed by atoms with van der Waals surface area (Å²) in [6.45, 7) is 4.09. The molecule has 1 saturated heterocycles. The van der Waals surface area contributed by atoms with Crippen LogP contribution < -0.4 is 4.74 Å². The third-order valence-electron chi connectivity index (χ3n) is 5.22. The molecule has 1 aliphatic heterocycles. The van der Waals surface area contributed by atoms with E-state index in [-0.39, 0.29) is 23.5 Å². The van der Waals surface area contributed by atoms with Crippen molar-refractivity contribution in [3.05, 3.63) is 87.8 Å². The minimum atomic E-state index is -0.356. The summed E-state index contributed by atoms with van der Waals surface area (Å²) in [5.41, 5.74) is 4.54. The fourth-order valence-electron chi connectivity index (χ4n) is 3.61. The fourth-order valence-corrected chi connectivity index (χ4v) is 4.44. The minimum Gasteiger partial charge on any atom is -0.497 e. The number of carbonyl (C=O) groups excluding carboxylic acids is 2. The van der Waals surface area contributed by atoms with Crippen LogP contribution in [-0.4, -0.2) is 27.7 Å². The Morgan fingerprint density at radius 3 is 2.35 bits per heavy atom. The second kappa shape index (κ2) is 8.43. The Morgan fingerprint density at radius 2 is 1.71 bits per heavy atom. The lowest BCUT2D eigenvalue weighted by Gasteiger charge is -2.12. The second-order valence-corrected chi connectivity index (χ2v) is 8.25. The number of amides is 2. The van der Waals surface area contributed by atoms with Crippen molar-refractivity contribution < 1.29 is 18.7 Å². The Hall–Kier alpha value is -3.32. The molecule has 0 atom stereocenters. The van der Waals surface area contributed by atoms with Gasteiger partial charge in [0.05, 0.1) is 18.6 Å². The van der Waals surface area contributed by atoms with Crippen LogP contribution in [0.1, 0.15) is 22.5 Å². The van der Waals surface area contributed by atoms with E-state index in [2.05, 4.69) is 4.57 Å². The number of imide groups is 1. The Bertz CT molecular complexity index is 1180. The highest BCUT2D eigenvalue weighted by Gasteiger charge is 2.35. The van der Waals surface area contributed by atoms with Gasteiger partial charge in [0.1, 0.15) is 11.6 Å². The summed E-state index contributed by atoms with van der Waals surface area (Å²) in [6, 6.07) is 15.5. The van der Waals surface area contributed by atoms with E-state index in [4.69, 9.17) is 4.74 Å². The van der Waals surface area contributed by atoms with Gasteiger partial charge < -0.3 is 9.30 Å². The maximum Gasteiger partial charge on any atom is 0.293 e. The molecular weight excluding hydrogens is 415 g/mol. The molecular formula is C24H21FN2O3S. The first-order chi connectivity index (χ1) is 14.9. The molecule has 0 bridgehead atoms. The lowest BCUT2D eigenvalue weighted by molar-refractivity contribution is -0.123. The predicted molar refractivity (Wildman–Crippen MR) is 120 cm³/mol. The topological polar surface area (TPSA) is 51.5 Å². The second-order valence-electron chi connectivity index (χ2n) is 7.25. The predicted octanol–water partition coefficient (Wildman–Crippen LogP) is 5.48. The first-order valence-corrected chi connectivity index (χ1v) is 10.5. The van der Waals surface area contributed by atoms with Gasteiger partial charge in [0.15, 0.2) is 0 Å². The minimum absolute atomic E-state index is 0.118. The first kappa shape index (κ1) is 20.9. The molecule has 2 aromatic carbocycles. The van der Waals surface area contributed by atoms with Crippen molar-refractivity contribution in [2.45, 2.75) is 20.4 Å². The third-order valence-corrected chi connectivity index (χ3v) is 6.12. The molecule has 7 heteroatoms. The Kier molecular flexibility index (Phi) is 5.69. The number of aromatic nitrogens is 1. The van der Waals surface area contributed by atoms with Crippen LogP contribution in [0.15, 0.2) is 59.5 Å². The highest BCUT2D eigenvalue weighted by Crippen LogP contribution is 2.34. The van der Waals surface area contributed by atoms with Crippen molar-refractivity contribution in [2.75, 3.05) is 7.11 Å². The number of hydrogen-bond donors (Lipinski definition) is 0. The number of rotatable bonds is 5. The highest BCUT2D eigenvalue weighted by molar-refractivity contribution is 8.18. The molecule has 3 aromatic rings. The van der Waals surface area contributed by atoms with Gasteiger partial charge in [0.25, 0.3) is 11.1 Å². The van der Waals surface area contributed by atoms with E-state index >= 15 is 0 Å². The summed E-state index contributed by atoms with van der Waals surface area (Å²) in [5.74, 6) is 0.0832. The van der Waals surface area contributed by atoms with Gasteiger partial charge in [-0.1, -0.05) is 12.1 Å². The number of methoxy groups -OCH3 is 1. The molecule has 5 nitrogen and oxygen atoms in total. The van der Waals surface area contributed by atoms with Crippen molar-refractivity contribution in [1.29, 1.82) is 0 Å². The van der Waals surface area contributed by atoms with E-state index in [1.807, 2.05) is 44.2 Å². The van der Waals surface area contributed by atoms with Crippen LogP contribution in [-0.2, 0) is 11.3 Å². The van der Waals surface area contributed by atoms with Crippen molar-refractivity contribution in [3.8, 4) is 11.4 Å². The molecule has 0 spiro atoms. The molecule has 0 unspecified atom stereocenters. The van der Waals surface area contributed by atoms with Crippen LogP contribution in [0, 0.1) is 19.7 Å². The molecule has 2 heterocycles. The molecule has 158 valence electrons. The SMILES string of the molecule is COc1ccc(-n2c(C)cc(C=C3SC(=O)N(Cc4ccc(F)cc4)C3=O)c2C)cc1. The van der Waals surface area contributed by atoms with Crippen LogP contribution in [0.2, 0.25) is 0 Å². The zero-order chi connectivity index (χ0) is 22.1. The van der Waals surface area contributed by atoms with Gasteiger partial charge >= 0.3 is 0 Å². The Morgan fingerprint density at radius 1 is 1.03 bits per heavy atom. The largest absolute Gasteiger partial charge is 0.497 e. The molecule has 31 heavy (non-hydrogen) atoms. The quantitative estimate of drug-likeness (QED) is 0.497. The summed E-state index contributed by atoms with van der Waals surface area (Å²) >= 11 is 0.922. The number of halogens is 1. The number of thioether (sulfide) groups is 1. The third kappa shape index (κ3) is 4.14. The van der Waals surface area contributed by atoms with Crippen LogP contribution in [0.5, 0.6) is 5.75 Å². The zero-order valence-corrected chi connectivity index (χ0v) is 18.2. The summed E-state index contributed by atoms with van der Waals surface area (Å²) in [7, 11) is 1.63. The van der Waals surface area contributed by atoms with E-state index in [9.17, 15) is 14.0 Å². The van der Waals surface area contributed by atoms with Crippen LogP contribution in [0.25, 0.3) is 11.8 Å². The zero-order valence-electron chi connectivity index (χ0n) is 17.4. The number of aryl methyl sites for hydroxylation is 1. The molecule has 0 N–H and O–H groups in total. The van der Waals surface area contributed by atoms with E-state index in [1.165, 1.54) is 17.0 Å². The number of carbonyl (C=O) groups is 2. The van der Waals surface area contributed by atoms with E-state index < -0.39 is 0 Å². The highest BCUT2D eigenvalue weighted by atomic mass is 32.2. The molecule has 0 saturated carbocycles. The van der Waals surface area contributed by atoms with Crippen molar-refractivity contribution in [3.63, 3.8) is 0 Å². The van der Waals surface area contributed by atoms with E-state index in [1.54, 1.807) is 25.3 Å². The maximum atomic E-state index is 13.1. The van der Waals surface area contributed by atoms with Gasteiger partial charge in [-0.2, -0.15) is 0 Å². The normalized spacial score (nSPS) is 15.2. The average Bonchev–Trinajstić information content (AvgIpc) is 3.19. The van der Waals surface area contributed by atoms with Gasteiger partial charge in [0, 0.05) is 17.1 Å². The summed E-state index contributed by atoms with van der Waals surface area (Å²) in [5, 5.41) is -0.329.